The molecule has 5 nitrogen and oxygen atoms in total. The van der Waals surface area contributed by atoms with Crippen LogP contribution in [0.15, 0.2) is 54.6 Å². The third kappa shape index (κ3) is 7.08. The smallest absolute Gasteiger partial charge is 0.309 e. The molecule has 2 aromatic rings. The molecule has 0 aromatic heterocycles. The van der Waals surface area contributed by atoms with Gasteiger partial charge in [0.2, 0.25) is 0 Å². The van der Waals surface area contributed by atoms with Gasteiger partial charge in [0, 0.05) is 6.54 Å². The number of hydrogen-bond acceptors (Lipinski definition) is 4. The van der Waals surface area contributed by atoms with Crippen LogP contribution in [0, 0.1) is 0 Å². The normalized spacial score (nSPS) is 10.1. The summed E-state index contributed by atoms with van der Waals surface area (Å²) >= 11 is 0. The second-order valence-electron chi connectivity index (χ2n) is 5.62. The zero-order valence-corrected chi connectivity index (χ0v) is 14.4. The first-order valence-electron chi connectivity index (χ1n) is 8.26. The first kappa shape index (κ1) is 18.5. The van der Waals surface area contributed by atoms with Gasteiger partial charge in [-0.25, -0.2) is 0 Å². The number of amides is 1. The van der Waals surface area contributed by atoms with E-state index in [2.05, 4.69) is 22.2 Å². The van der Waals surface area contributed by atoms with Gasteiger partial charge in [-0.3, -0.25) is 9.59 Å². The number of carbonyl (C=O) groups excluding carboxylic acids is 2. The lowest BCUT2D eigenvalue weighted by atomic mass is 10.1. The summed E-state index contributed by atoms with van der Waals surface area (Å²) in [4.78, 5) is 23.0. The van der Waals surface area contributed by atoms with Crippen molar-refractivity contribution in [2.24, 2.45) is 0 Å². The van der Waals surface area contributed by atoms with Crippen molar-refractivity contribution < 1.29 is 19.1 Å². The Kier molecular flexibility index (Phi) is 7.50. The largest absolute Gasteiger partial charge is 0.484 e. The van der Waals surface area contributed by atoms with Crippen LogP contribution in [-0.4, -0.2) is 32.1 Å². The van der Waals surface area contributed by atoms with E-state index in [1.165, 1.54) is 12.7 Å². The van der Waals surface area contributed by atoms with Gasteiger partial charge in [-0.15, -0.1) is 0 Å². The number of aryl methyl sites for hydroxylation is 1. The van der Waals surface area contributed by atoms with Crippen LogP contribution in [0.25, 0.3) is 0 Å². The standard InChI is InChI=1S/C20H23NO4/c1-24-20(23)14-17-9-11-18(12-10-17)25-15-19(22)21-13-5-8-16-6-3-2-4-7-16/h2-4,6-7,9-12H,5,8,13-15H2,1H3,(H,21,22). The van der Waals surface area contributed by atoms with Crippen LogP contribution in [0.1, 0.15) is 17.5 Å². The van der Waals surface area contributed by atoms with Crippen LogP contribution in [-0.2, 0) is 27.2 Å². The number of benzene rings is 2. The maximum absolute atomic E-state index is 11.8. The SMILES string of the molecule is COC(=O)Cc1ccc(OCC(=O)NCCCc2ccccc2)cc1. The first-order valence-corrected chi connectivity index (χ1v) is 8.26. The molecule has 132 valence electrons. The van der Waals surface area contributed by atoms with Crippen LogP contribution in [0.5, 0.6) is 5.75 Å². The Bertz CT molecular complexity index is 668. The predicted molar refractivity (Wildman–Crippen MR) is 95.4 cm³/mol. The van der Waals surface area contributed by atoms with E-state index in [4.69, 9.17) is 4.74 Å². The number of esters is 1. The van der Waals surface area contributed by atoms with Gasteiger partial charge in [-0.1, -0.05) is 42.5 Å². The lowest BCUT2D eigenvalue weighted by molar-refractivity contribution is -0.139. The zero-order chi connectivity index (χ0) is 17.9. The molecule has 0 bridgehead atoms. The third-order valence-corrected chi connectivity index (χ3v) is 3.68. The van der Waals surface area contributed by atoms with Crippen molar-refractivity contribution in [2.45, 2.75) is 19.3 Å². The highest BCUT2D eigenvalue weighted by Gasteiger charge is 2.05. The van der Waals surface area contributed by atoms with E-state index in [1.54, 1.807) is 24.3 Å². The summed E-state index contributed by atoms with van der Waals surface area (Å²) < 4.78 is 10.1. The molecule has 5 heteroatoms. The van der Waals surface area contributed by atoms with Gasteiger partial charge < -0.3 is 14.8 Å². The van der Waals surface area contributed by atoms with Gasteiger partial charge in [0.1, 0.15) is 5.75 Å². The molecule has 2 rings (SSSR count). The summed E-state index contributed by atoms with van der Waals surface area (Å²) in [6.45, 7) is 0.594. The van der Waals surface area contributed by atoms with Gasteiger partial charge in [-0.2, -0.15) is 0 Å². The fraction of sp³-hybridized carbons (Fsp3) is 0.300. The molecule has 0 aliphatic heterocycles. The highest BCUT2D eigenvalue weighted by molar-refractivity contribution is 5.77. The van der Waals surface area contributed by atoms with Gasteiger partial charge >= 0.3 is 5.97 Å². The van der Waals surface area contributed by atoms with Crippen molar-refractivity contribution in [1.29, 1.82) is 0 Å². The minimum absolute atomic E-state index is 0.0261. The maximum atomic E-state index is 11.8. The van der Waals surface area contributed by atoms with Crippen LogP contribution in [0.2, 0.25) is 0 Å². The maximum Gasteiger partial charge on any atom is 0.309 e. The highest BCUT2D eigenvalue weighted by Crippen LogP contribution is 2.12. The number of rotatable bonds is 9. The Balaban J connectivity index is 1.63. The molecule has 0 fully saturated rings. The first-order chi connectivity index (χ1) is 12.2. The average Bonchev–Trinajstić information content (AvgIpc) is 2.65. The predicted octanol–water partition coefficient (Wildman–Crippen LogP) is 2.53. The molecule has 1 amide bonds. The molecular formula is C20H23NO4. The quantitative estimate of drug-likeness (QED) is 0.562. The number of nitrogens with one attached hydrogen (secondary N) is 1. The van der Waals surface area contributed by atoms with Crippen molar-refractivity contribution in [3.8, 4) is 5.75 Å². The molecular weight excluding hydrogens is 318 g/mol. The number of hydrogen-bond donors (Lipinski definition) is 1. The van der Waals surface area contributed by atoms with Crippen LogP contribution < -0.4 is 10.1 Å². The van der Waals surface area contributed by atoms with E-state index in [9.17, 15) is 9.59 Å². The highest BCUT2D eigenvalue weighted by atomic mass is 16.5. The third-order valence-electron chi connectivity index (χ3n) is 3.68. The molecule has 2 aromatic carbocycles. The van der Waals surface area contributed by atoms with Crippen LogP contribution >= 0.6 is 0 Å². The molecule has 0 unspecified atom stereocenters. The summed E-state index contributed by atoms with van der Waals surface area (Å²) in [6, 6.07) is 17.2. The van der Waals surface area contributed by atoms with E-state index >= 15 is 0 Å². The summed E-state index contributed by atoms with van der Waals surface area (Å²) in [5.74, 6) is 0.156. The minimum atomic E-state index is -0.288. The second kappa shape index (κ2) is 10.1. The summed E-state index contributed by atoms with van der Waals surface area (Å²) in [5, 5.41) is 2.84. The monoisotopic (exact) mass is 341 g/mol. The van der Waals surface area contributed by atoms with Crippen molar-refractivity contribution in [1.82, 2.24) is 5.32 Å². The summed E-state index contributed by atoms with van der Waals surface area (Å²) in [7, 11) is 1.36. The van der Waals surface area contributed by atoms with Crippen molar-refractivity contribution in [3.05, 3.63) is 65.7 Å². The molecule has 0 spiro atoms. The topological polar surface area (TPSA) is 64.6 Å². The Morgan fingerprint density at radius 3 is 2.36 bits per heavy atom. The molecule has 0 heterocycles. The van der Waals surface area contributed by atoms with Crippen molar-refractivity contribution >= 4 is 11.9 Å². The Morgan fingerprint density at radius 2 is 1.68 bits per heavy atom. The molecule has 0 aliphatic rings. The van der Waals surface area contributed by atoms with E-state index in [-0.39, 0.29) is 24.9 Å². The molecule has 0 saturated heterocycles. The van der Waals surface area contributed by atoms with Crippen molar-refractivity contribution in [3.63, 3.8) is 0 Å². The van der Waals surface area contributed by atoms with Crippen LogP contribution in [0.4, 0.5) is 0 Å². The number of ether oxygens (including phenoxy) is 2. The zero-order valence-electron chi connectivity index (χ0n) is 14.4. The average molecular weight is 341 g/mol. The molecule has 0 saturated carbocycles. The fourth-order valence-electron chi connectivity index (χ4n) is 2.31. The van der Waals surface area contributed by atoms with Crippen LogP contribution in [0.3, 0.4) is 0 Å². The number of carbonyl (C=O) groups is 2. The number of methoxy groups -OCH3 is 1. The van der Waals surface area contributed by atoms with Crippen molar-refractivity contribution in [2.75, 3.05) is 20.3 Å². The summed E-state index contributed by atoms with van der Waals surface area (Å²) in [5.41, 5.74) is 2.10. The van der Waals surface area contributed by atoms with Gasteiger partial charge in [0.15, 0.2) is 6.61 Å². The van der Waals surface area contributed by atoms with E-state index in [0.717, 1.165) is 18.4 Å². The van der Waals surface area contributed by atoms with Gasteiger partial charge in [-0.05, 0) is 36.1 Å². The lowest BCUT2D eigenvalue weighted by Gasteiger charge is -2.08. The summed E-state index contributed by atoms with van der Waals surface area (Å²) in [6.07, 6.45) is 2.04. The molecule has 0 aliphatic carbocycles. The van der Waals surface area contributed by atoms with Gasteiger partial charge in [0.25, 0.3) is 5.91 Å². The van der Waals surface area contributed by atoms with E-state index < -0.39 is 0 Å². The Labute approximate surface area is 148 Å². The molecule has 25 heavy (non-hydrogen) atoms. The lowest BCUT2D eigenvalue weighted by Crippen LogP contribution is -2.29. The minimum Gasteiger partial charge on any atom is -0.484 e. The molecule has 1 N–H and O–H groups in total. The molecule has 0 radical (unpaired) electrons. The second-order valence-corrected chi connectivity index (χ2v) is 5.62. The van der Waals surface area contributed by atoms with E-state index in [0.29, 0.717) is 12.3 Å². The van der Waals surface area contributed by atoms with E-state index in [1.807, 2.05) is 18.2 Å². The molecule has 0 atom stereocenters. The van der Waals surface area contributed by atoms with Gasteiger partial charge in [0.05, 0.1) is 13.5 Å². The fourth-order valence-corrected chi connectivity index (χ4v) is 2.31. The Hall–Kier alpha value is -2.82. The Morgan fingerprint density at radius 1 is 0.960 bits per heavy atom.